The second kappa shape index (κ2) is 12.0. The topological polar surface area (TPSA) is 84.4 Å². The fourth-order valence-corrected chi connectivity index (χ4v) is 4.73. The first-order chi connectivity index (χ1) is 18.6. The van der Waals surface area contributed by atoms with Crippen molar-refractivity contribution < 1.29 is 19.0 Å². The molecule has 0 aliphatic carbocycles. The van der Waals surface area contributed by atoms with E-state index in [2.05, 4.69) is 39.9 Å². The van der Waals surface area contributed by atoms with E-state index < -0.39 is 0 Å². The predicted octanol–water partition coefficient (Wildman–Crippen LogP) is 4.07. The molecule has 3 aromatic rings. The van der Waals surface area contributed by atoms with E-state index in [4.69, 9.17) is 14.2 Å². The number of rotatable bonds is 10. The standard InChI is InChI=1S/C30H34N4O4/c1-34(19-21-6-4-3-5-7-21)12-13-37-29-16-22(25-17-31-32-18-25)8-10-27(29)33-30(35)24-14-23-15-26(36-2)9-11-28(23)38-20-24/h3-11,15-17,24-25,32H,12-14,18-20H2,1-2H3,(H,33,35). The van der Waals surface area contributed by atoms with Gasteiger partial charge in [0.25, 0.3) is 0 Å². The summed E-state index contributed by atoms with van der Waals surface area (Å²) in [6.07, 6.45) is 2.48. The summed E-state index contributed by atoms with van der Waals surface area (Å²) in [5.74, 6) is 1.97. The van der Waals surface area contributed by atoms with Crippen molar-refractivity contribution in [3.8, 4) is 17.2 Å². The first kappa shape index (κ1) is 25.6. The zero-order chi connectivity index (χ0) is 26.3. The number of ether oxygens (including phenoxy) is 3. The highest BCUT2D eigenvalue weighted by atomic mass is 16.5. The van der Waals surface area contributed by atoms with Gasteiger partial charge >= 0.3 is 0 Å². The second-order valence-electron chi connectivity index (χ2n) is 9.75. The number of hydrogen-bond donors (Lipinski definition) is 2. The number of benzene rings is 3. The van der Waals surface area contributed by atoms with Gasteiger partial charge in [0.1, 0.15) is 30.5 Å². The van der Waals surface area contributed by atoms with Crippen LogP contribution in [0.2, 0.25) is 0 Å². The number of anilines is 1. The summed E-state index contributed by atoms with van der Waals surface area (Å²) in [5.41, 5.74) is 6.98. The number of methoxy groups -OCH3 is 1. The number of nitrogens with one attached hydrogen (secondary N) is 2. The normalized spacial score (nSPS) is 17.9. The molecule has 0 spiro atoms. The minimum atomic E-state index is -0.315. The summed E-state index contributed by atoms with van der Waals surface area (Å²) < 4.78 is 17.5. The van der Waals surface area contributed by atoms with Gasteiger partial charge in [0.05, 0.1) is 18.7 Å². The van der Waals surface area contributed by atoms with E-state index >= 15 is 0 Å². The van der Waals surface area contributed by atoms with E-state index in [1.54, 1.807) is 7.11 Å². The molecule has 0 aromatic heterocycles. The summed E-state index contributed by atoms with van der Waals surface area (Å²) in [6.45, 7) is 3.15. The molecule has 5 rings (SSSR count). The van der Waals surface area contributed by atoms with E-state index in [-0.39, 0.29) is 17.7 Å². The first-order valence-electron chi connectivity index (χ1n) is 12.9. The van der Waals surface area contributed by atoms with Crippen molar-refractivity contribution in [1.29, 1.82) is 0 Å². The third-order valence-corrected chi connectivity index (χ3v) is 6.92. The molecule has 2 aliphatic heterocycles. The molecule has 2 heterocycles. The summed E-state index contributed by atoms with van der Waals surface area (Å²) in [5, 5.41) is 7.24. The van der Waals surface area contributed by atoms with Gasteiger partial charge in [-0.05, 0) is 60.5 Å². The van der Waals surface area contributed by atoms with Crippen molar-refractivity contribution in [2.75, 3.05) is 45.8 Å². The molecule has 0 saturated heterocycles. The van der Waals surface area contributed by atoms with E-state index in [0.717, 1.165) is 42.3 Å². The monoisotopic (exact) mass is 514 g/mol. The third kappa shape index (κ3) is 6.26. The van der Waals surface area contributed by atoms with Crippen LogP contribution in [0.15, 0.2) is 71.8 Å². The number of hydrogen-bond acceptors (Lipinski definition) is 7. The Morgan fingerprint density at radius 3 is 2.82 bits per heavy atom. The smallest absolute Gasteiger partial charge is 0.231 e. The second-order valence-corrected chi connectivity index (χ2v) is 9.75. The van der Waals surface area contributed by atoms with Gasteiger partial charge in [-0.2, -0.15) is 5.10 Å². The summed E-state index contributed by atoms with van der Waals surface area (Å²) >= 11 is 0. The Kier molecular flexibility index (Phi) is 8.09. The van der Waals surface area contributed by atoms with Gasteiger partial charge < -0.3 is 25.0 Å². The Bertz CT molecular complexity index is 1280. The van der Waals surface area contributed by atoms with Crippen molar-refractivity contribution in [2.45, 2.75) is 18.9 Å². The highest BCUT2D eigenvalue weighted by Gasteiger charge is 2.27. The fraction of sp³-hybridized carbons (Fsp3) is 0.333. The van der Waals surface area contributed by atoms with Crippen LogP contribution < -0.4 is 25.0 Å². The molecule has 1 amide bonds. The van der Waals surface area contributed by atoms with Gasteiger partial charge in [-0.15, -0.1) is 0 Å². The van der Waals surface area contributed by atoms with Crippen LogP contribution >= 0.6 is 0 Å². The Labute approximate surface area is 223 Å². The van der Waals surface area contributed by atoms with Gasteiger partial charge in [-0.1, -0.05) is 36.4 Å². The summed E-state index contributed by atoms with van der Waals surface area (Å²) in [4.78, 5) is 15.5. The molecule has 2 aliphatic rings. The van der Waals surface area contributed by atoms with Crippen LogP contribution in [-0.4, -0.2) is 57.5 Å². The Hall–Kier alpha value is -4.04. The van der Waals surface area contributed by atoms with Crippen LogP contribution in [-0.2, 0) is 17.8 Å². The summed E-state index contributed by atoms with van der Waals surface area (Å²) in [7, 11) is 3.71. The van der Waals surface area contributed by atoms with Crippen LogP contribution in [0.5, 0.6) is 17.2 Å². The fourth-order valence-electron chi connectivity index (χ4n) is 4.73. The minimum Gasteiger partial charge on any atom is -0.497 e. The first-order valence-corrected chi connectivity index (χ1v) is 12.9. The van der Waals surface area contributed by atoms with E-state index in [1.165, 1.54) is 5.56 Å². The number of carbonyl (C=O) groups is 1. The predicted molar refractivity (Wildman–Crippen MR) is 148 cm³/mol. The van der Waals surface area contributed by atoms with Gasteiger partial charge in [0.15, 0.2) is 0 Å². The van der Waals surface area contributed by atoms with Gasteiger partial charge in [0.2, 0.25) is 5.91 Å². The van der Waals surface area contributed by atoms with Crippen LogP contribution in [0.25, 0.3) is 0 Å². The van der Waals surface area contributed by atoms with Gasteiger partial charge in [-0.25, -0.2) is 0 Å². The number of nitrogens with zero attached hydrogens (tertiary/aromatic N) is 2. The maximum absolute atomic E-state index is 13.3. The molecular weight excluding hydrogens is 480 g/mol. The lowest BCUT2D eigenvalue weighted by Gasteiger charge is -2.25. The molecule has 0 fully saturated rings. The van der Waals surface area contributed by atoms with Crippen LogP contribution in [0.4, 0.5) is 5.69 Å². The maximum Gasteiger partial charge on any atom is 0.231 e. The Morgan fingerprint density at radius 2 is 2.03 bits per heavy atom. The van der Waals surface area contributed by atoms with Crippen LogP contribution in [0.1, 0.15) is 22.6 Å². The lowest BCUT2D eigenvalue weighted by atomic mass is 9.95. The van der Waals surface area contributed by atoms with Crippen molar-refractivity contribution in [3.05, 3.63) is 83.4 Å². The maximum atomic E-state index is 13.3. The van der Waals surface area contributed by atoms with Crippen molar-refractivity contribution in [1.82, 2.24) is 10.3 Å². The van der Waals surface area contributed by atoms with Crippen LogP contribution in [0, 0.1) is 5.92 Å². The average Bonchev–Trinajstić information content (AvgIpc) is 3.49. The molecule has 0 bridgehead atoms. The van der Waals surface area contributed by atoms with E-state index in [0.29, 0.717) is 31.1 Å². The molecule has 8 heteroatoms. The van der Waals surface area contributed by atoms with E-state index in [1.807, 2.05) is 60.8 Å². The van der Waals surface area contributed by atoms with Crippen molar-refractivity contribution in [3.63, 3.8) is 0 Å². The number of likely N-dealkylation sites (N-methyl/N-ethyl adjacent to an activating group) is 1. The van der Waals surface area contributed by atoms with Gasteiger partial charge in [0, 0.05) is 31.8 Å². The number of amides is 1. The Balaban J connectivity index is 1.26. The lowest BCUT2D eigenvalue weighted by Crippen LogP contribution is -2.32. The minimum absolute atomic E-state index is 0.0960. The SMILES string of the molecule is COc1ccc2c(c1)CC(C(=O)Nc1ccc(C3C=NNC3)cc1OCCN(C)Cc1ccccc1)CO2. The molecule has 198 valence electrons. The van der Waals surface area contributed by atoms with E-state index in [9.17, 15) is 4.79 Å². The quantitative estimate of drug-likeness (QED) is 0.424. The lowest BCUT2D eigenvalue weighted by molar-refractivity contribution is -0.121. The molecule has 3 aromatic carbocycles. The average molecular weight is 515 g/mol. The van der Waals surface area contributed by atoms with Crippen molar-refractivity contribution >= 4 is 17.8 Å². The number of hydrazone groups is 1. The zero-order valence-corrected chi connectivity index (χ0v) is 21.9. The van der Waals surface area contributed by atoms with Gasteiger partial charge in [-0.3, -0.25) is 9.69 Å². The third-order valence-electron chi connectivity index (χ3n) is 6.92. The molecule has 2 N–H and O–H groups in total. The zero-order valence-electron chi connectivity index (χ0n) is 21.9. The molecule has 0 saturated carbocycles. The molecule has 2 atom stereocenters. The number of carbonyl (C=O) groups excluding carboxylic acids is 1. The molecule has 8 nitrogen and oxygen atoms in total. The Morgan fingerprint density at radius 1 is 1.16 bits per heavy atom. The largest absolute Gasteiger partial charge is 0.497 e. The molecular formula is C30H34N4O4. The highest BCUT2D eigenvalue weighted by molar-refractivity contribution is 5.94. The van der Waals surface area contributed by atoms with Crippen LogP contribution in [0.3, 0.4) is 0 Å². The molecule has 2 unspecified atom stereocenters. The summed E-state index contributed by atoms with van der Waals surface area (Å²) in [6, 6.07) is 22.0. The van der Waals surface area contributed by atoms with Crippen molar-refractivity contribution in [2.24, 2.45) is 11.0 Å². The molecule has 0 radical (unpaired) electrons. The molecule has 38 heavy (non-hydrogen) atoms. The number of fused-ring (bicyclic) bond motifs is 1. The highest BCUT2D eigenvalue weighted by Crippen LogP contribution is 2.33.